The Morgan fingerprint density at radius 3 is 2.40 bits per heavy atom. The summed E-state index contributed by atoms with van der Waals surface area (Å²) in [7, 11) is -1.26. The van der Waals surface area contributed by atoms with Crippen molar-refractivity contribution in [3.05, 3.63) is 11.5 Å². The molecule has 0 spiro atoms. The van der Waals surface area contributed by atoms with E-state index < -0.39 is 10.0 Å². The van der Waals surface area contributed by atoms with Crippen molar-refractivity contribution in [2.24, 2.45) is 7.05 Å². The molecule has 8 nitrogen and oxygen atoms in total. The van der Waals surface area contributed by atoms with E-state index in [0.29, 0.717) is 38.4 Å². The first kappa shape index (κ1) is 18.1. The number of hydrogen-bond acceptors (Lipinski definition) is 6. The van der Waals surface area contributed by atoms with Crippen LogP contribution in [0.3, 0.4) is 0 Å². The van der Waals surface area contributed by atoms with E-state index in [-0.39, 0.29) is 5.75 Å². The first-order valence-corrected chi connectivity index (χ1v) is 10.3. The molecule has 0 aromatic carbocycles. The van der Waals surface area contributed by atoms with Gasteiger partial charge < -0.3 is 4.90 Å². The predicted molar refractivity (Wildman–Crippen MR) is 98.3 cm³/mol. The van der Waals surface area contributed by atoms with Gasteiger partial charge in [0, 0.05) is 33.2 Å². The van der Waals surface area contributed by atoms with Gasteiger partial charge in [-0.15, -0.1) is 0 Å². The van der Waals surface area contributed by atoms with Gasteiger partial charge in [-0.1, -0.05) is 13.3 Å². The predicted octanol–water partition coefficient (Wildman–Crippen LogP) is 1.23. The van der Waals surface area contributed by atoms with Crippen LogP contribution in [0.1, 0.15) is 31.3 Å². The van der Waals surface area contributed by atoms with E-state index in [0.717, 1.165) is 29.0 Å². The van der Waals surface area contributed by atoms with E-state index in [1.165, 1.54) is 0 Å². The Kier molecular flexibility index (Phi) is 4.97. The van der Waals surface area contributed by atoms with Crippen molar-refractivity contribution in [3.8, 4) is 0 Å². The number of hydrogen-bond donors (Lipinski definition) is 0. The normalized spacial score (nSPS) is 16.7. The van der Waals surface area contributed by atoms with Crippen LogP contribution >= 0.6 is 0 Å². The molecule has 9 heteroatoms. The number of rotatable bonds is 5. The maximum Gasteiger partial charge on any atom is 0.214 e. The van der Waals surface area contributed by atoms with Crippen molar-refractivity contribution in [3.63, 3.8) is 0 Å². The summed E-state index contributed by atoms with van der Waals surface area (Å²) >= 11 is 0. The Bertz CT molecular complexity index is 868. The van der Waals surface area contributed by atoms with Gasteiger partial charge in [0.05, 0.1) is 11.4 Å². The fourth-order valence-corrected chi connectivity index (χ4v) is 4.91. The molecule has 2 aromatic heterocycles. The number of aromatic nitrogens is 4. The van der Waals surface area contributed by atoms with Crippen LogP contribution in [0.25, 0.3) is 11.0 Å². The van der Waals surface area contributed by atoms with Gasteiger partial charge in [0.25, 0.3) is 0 Å². The van der Waals surface area contributed by atoms with E-state index in [1.54, 1.807) is 4.31 Å². The van der Waals surface area contributed by atoms with Crippen LogP contribution in [0, 0.1) is 13.8 Å². The number of nitrogens with zero attached hydrogens (tertiary/aromatic N) is 6. The van der Waals surface area contributed by atoms with Crippen molar-refractivity contribution in [1.29, 1.82) is 0 Å². The summed E-state index contributed by atoms with van der Waals surface area (Å²) in [5.41, 5.74) is 2.65. The summed E-state index contributed by atoms with van der Waals surface area (Å²) in [4.78, 5) is 11.3. The Labute approximate surface area is 148 Å². The fourth-order valence-electron chi connectivity index (χ4n) is 3.28. The van der Waals surface area contributed by atoms with Crippen molar-refractivity contribution in [2.75, 3.05) is 36.8 Å². The molecule has 0 amide bonds. The van der Waals surface area contributed by atoms with Gasteiger partial charge in [0.1, 0.15) is 16.9 Å². The third-order valence-corrected chi connectivity index (χ3v) is 6.59. The summed E-state index contributed by atoms with van der Waals surface area (Å²) in [6.45, 7) is 8.06. The van der Waals surface area contributed by atoms with Gasteiger partial charge in [-0.2, -0.15) is 9.40 Å². The van der Waals surface area contributed by atoms with Crippen LogP contribution in [0.2, 0.25) is 0 Å². The molecule has 25 heavy (non-hydrogen) atoms. The highest BCUT2D eigenvalue weighted by atomic mass is 32.2. The molecule has 2 aromatic rings. The van der Waals surface area contributed by atoms with Crippen molar-refractivity contribution in [2.45, 2.75) is 33.6 Å². The van der Waals surface area contributed by atoms with Gasteiger partial charge >= 0.3 is 0 Å². The lowest BCUT2D eigenvalue weighted by atomic mass is 10.3. The largest absolute Gasteiger partial charge is 0.352 e. The molecule has 3 rings (SSSR count). The Morgan fingerprint density at radius 1 is 1.08 bits per heavy atom. The zero-order valence-electron chi connectivity index (χ0n) is 15.4. The van der Waals surface area contributed by atoms with Crippen LogP contribution < -0.4 is 4.90 Å². The molecule has 0 radical (unpaired) electrons. The highest BCUT2D eigenvalue weighted by molar-refractivity contribution is 7.89. The number of piperazine rings is 1. The molecule has 0 saturated carbocycles. The standard InChI is InChI=1S/C16H26N6O2S/c1-5-6-11-25(23,24)22-9-7-21(8-10-22)16-15-14(17-13(3)18-16)12(2)19-20(15)4/h5-11H2,1-4H3. The van der Waals surface area contributed by atoms with E-state index >= 15 is 0 Å². The first-order valence-electron chi connectivity index (χ1n) is 8.74. The zero-order valence-corrected chi connectivity index (χ0v) is 16.2. The Hall–Kier alpha value is -1.74. The number of unbranched alkanes of at least 4 members (excludes halogenated alkanes) is 1. The van der Waals surface area contributed by atoms with Crippen molar-refractivity contribution >= 4 is 26.9 Å². The summed E-state index contributed by atoms with van der Waals surface area (Å²) in [6, 6.07) is 0. The van der Waals surface area contributed by atoms with Gasteiger partial charge in [0.2, 0.25) is 10.0 Å². The van der Waals surface area contributed by atoms with Crippen LogP contribution in [0.4, 0.5) is 5.82 Å². The average Bonchev–Trinajstić information content (AvgIpc) is 2.86. The molecule has 3 heterocycles. The van der Waals surface area contributed by atoms with Gasteiger partial charge in [-0.25, -0.2) is 18.4 Å². The maximum atomic E-state index is 12.4. The molecular formula is C16H26N6O2S. The average molecular weight is 366 g/mol. The van der Waals surface area contributed by atoms with Gasteiger partial charge in [-0.3, -0.25) is 4.68 Å². The molecular weight excluding hydrogens is 340 g/mol. The second kappa shape index (κ2) is 6.87. The molecule has 0 aliphatic carbocycles. The highest BCUT2D eigenvalue weighted by Crippen LogP contribution is 2.26. The molecule has 0 unspecified atom stereocenters. The molecule has 1 saturated heterocycles. The molecule has 0 atom stereocenters. The number of aryl methyl sites for hydroxylation is 3. The lowest BCUT2D eigenvalue weighted by Crippen LogP contribution is -2.49. The zero-order chi connectivity index (χ0) is 18.2. The van der Waals surface area contributed by atoms with Gasteiger partial charge in [-0.05, 0) is 20.3 Å². The fraction of sp³-hybridized carbons (Fsp3) is 0.688. The summed E-state index contributed by atoms with van der Waals surface area (Å²) in [5.74, 6) is 1.79. The number of fused-ring (bicyclic) bond motifs is 1. The van der Waals surface area contributed by atoms with E-state index in [1.807, 2.05) is 32.5 Å². The minimum Gasteiger partial charge on any atom is -0.352 e. The monoisotopic (exact) mass is 366 g/mol. The second-order valence-electron chi connectivity index (χ2n) is 6.56. The summed E-state index contributed by atoms with van der Waals surface area (Å²) in [5, 5.41) is 4.46. The molecule has 0 bridgehead atoms. The lowest BCUT2D eigenvalue weighted by Gasteiger charge is -2.35. The Morgan fingerprint density at radius 2 is 1.76 bits per heavy atom. The lowest BCUT2D eigenvalue weighted by molar-refractivity contribution is 0.383. The van der Waals surface area contributed by atoms with E-state index in [9.17, 15) is 8.42 Å². The summed E-state index contributed by atoms with van der Waals surface area (Å²) in [6.07, 6.45) is 1.60. The topological polar surface area (TPSA) is 84.2 Å². The van der Waals surface area contributed by atoms with E-state index in [4.69, 9.17) is 0 Å². The smallest absolute Gasteiger partial charge is 0.214 e. The third-order valence-electron chi connectivity index (χ3n) is 4.63. The van der Waals surface area contributed by atoms with Crippen LogP contribution in [-0.4, -0.2) is 64.4 Å². The first-order chi connectivity index (χ1) is 11.8. The van der Waals surface area contributed by atoms with Crippen molar-refractivity contribution < 1.29 is 8.42 Å². The molecule has 1 aliphatic heterocycles. The number of sulfonamides is 1. The quantitative estimate of drug-likeness (QED) is 0.791. The molecule has 138 valence electrons. The van der Waals surface area contributed by atoms with Crippen LogP contribution in [0.5, 0.6) is 0 Å². The molecule has 1 aliphatic rings. The molecule has 1 fully saturated rings. The summed E-state index contributed by atoms with van der Waals surface area (Å²) < 4.78 is 28.2. The SMILES string of the molecule is CCCCS(=O)(=O)N1CCN(c2nc(C)nc3c(C)nn(C)c23)CC1. The Balaban J connectivity index is 1.83. The van der Waals surface area contributed by atoms with Crippen LogP contribution in [0.15, 0.2) is 0 Å². The minimum atomic E-state index is -3.15. The third kappa shape index (κ3) is 3.48. The van der Waals surface area contributed by atoms with Crippen molar-refractivity contribution in [1.82, 2.24) is 24.1 Å². The van der Waals surface area contributed by atoms with E-state index in [2.05, 4.69) is 20.0 Å². The number of anilines is 1. The highest BCUT2D eigenvalue weighted by Gasteiger charge is 2.28. The van der Waals surface area contributed by atoms with Crippen LogP contribution in [-0.2, 0) is 17.1 Å². The molecule has 0 N–H and O–H groups in total. The second-order valence-corrected chi connectivity index (χ2v) is 8.64. The minimum absolute atomic E-state index is 0.237. The maximum absolute atomic E-state index is 12.4. The van der Waals surface area contributed by atoms with Gasteiger partial charge in [0.15, 0.2) is 5.82 Å².